The number of benzene rings is 2. The van der Waals surface area contributed by atoms with Crippen LogP contribution in [-0.4, -0.2) is 49.6 Å². The molecule has 3 rings (SSSR count). The lowest BCUT2D eigenvalue weighted by Gasteiger charge is -2.39. The first-order valence-corrected chi connectivity index (χ1v) is 9.23. The molecule has 1 aliphatic rings. The van der Waals surface area contributed by atoms with E-state index < -0.39 is 5.91 Å². The van der Waals surface area contributed by atoms with Gasteiger partial charge in [-0.05, 0) is 43.7 Å². The van der Waals surface area contributed by atoms with Crippen molar-refractivity contribution in [1.82, 2.24) is 4.90 Å². The number of hydrogen-bond acceptors (Lipinski definition) is 4. The smallest absolute Gasteiger partial charge is 0.250 e. The summed E-state index contributed by atoms with van der Waals surface area (Å²) < 4.78 is 0. The van der Waals surface area contributed by atoms with Crippen LogP contribution >= 0.6 is 0 Å². The summed E-state index contributed by atoms with van der Waals surface area (Å²) in [5, 5.41) is 3.39. The van der Waals surface area contributed by atoms with Gasteiger partial charge in [0, 0.05) is 50.1 Å². The van der Waals surface area contributed by atoms with Crippen molar-refractivity contribution in [3.05, 3.63) is 59.7 Å². The van der Waals surface area contributed by atoms with Gasteiger partial charge in [-0.15, -0.1) is 0 Å². The maximum Gasteiger partial charge on any atom is 0.250 e. The number of amides is 1. The molecule has 0 aromatic heterocycles. The number of aryl methyl sites for hydroxylation is 1. The molecular weight excluding hydrogens is 324 g/mol. The minimum atomic E-state index is -0.396. The maximum absolute atomic E-state index is 11.5. The van der Waals surface area contributed by atoms with Gasteiger partial charge in [-0.1, -0.05) is 24.3 Å². The number of anilines is 2. The number of carbonyl (C=O) groups excluding carboxylic acids is 1. The van der Waals surface area contributed by atoms with Crippen LogP contribution in [0.5, 0.6) is 0 Å². The third-order valence-electron chi connectivity index (χ3n) is 5.08. The van der Waals surface area contributed by atoms with Crippen molar-refractivity contribution in [2.75, 3.05) is 42.9 Å². The Morgan fingerprint density at radius 2 is 1.85 bits per heavy atom. The molecule has 0 spiro atoms. The molecule has 5 heteroatoms. The molecule has 1 aliphatic heterocycles. The lowest BCUT2D eigenvalue weighted by molar-refractivity contribution is 0.100. The zero-order chi connectivity index (χ0) is 18.5. The summed E-state index contributed by atoms with van der Waals surface area (Å²) in [4.78, 5) is 16.5. The lowest BCUT2D eigenvalue weighted by Crippen LogP contribution is -2.51. The molecule has 1 saturated heterocycles. The molecule has 1 amide bonds. The third-order valence-corrected chi connectivity index (χ3v) is 5.08. The molecule has 0 saturated carbocycles. The SMILES string of the molecule is Cc1cccc(N2CCN(C(C)CNc3ccccc3C(N)=O)CC2)c1. The number of piperazine rings is 1. The van der Waals surface area contributed by atoms with E-state index in [4.69, 9.17) is 5.73 Å². The highest BCUT2D eigenvalue weighted by atomic mass is 16.1. The normalized spacial score (nSPS) is 16.3. The van der Waals surface area contributed by atoms with E-state index in [-0.39, 0.29) is 0 Å². The van der Waals surface area contributed by atoms with Crippen molar-refractivity contribution < 1.29 is 4.79 Å². The van der Waals surface area contributed by atoms with Gasteiger partial charge in [0.2, 0.25) is 0 Å². The molecule has 26 heavy (non-hydrogen) atoms. The lowest BCUT2D eigenvalue weighted by atomic mass is 10.1. The molecular formula is C21H28N4O. The van der Waals surface area contributed by atoms with E-state index in [0.29, 0.717) is 11.6 Å². The van der Waals surface area contributed by atoms with Crippen LogP contribution in [0.2, 0.25) is 0 Å². The van der Waals surface area contributed by atoms with Gasteiger partial charge in [-0.25, -0.2) is 0 Å². The fourth-order valence-electron chi connectivity index (χ4n) is 3.48. The Kier molecular flexibility index (Phi) is 5.78. The highest BCUT2D eigenvalue weighted by Crippen LogP contribution is 2.19. The van der Waals surface area contributed by atoms with Crippen LogP contribution in [0.1, 0.15) is 22.8 Å². The summed E-state index contributed by atoms with van der Waals surface area (Å²) in [5.74, 6) is -0.396. The number of para-hydroxylation sites is 1. The van der Waals surface area contributed by atoms with E-state index in [2.05, 4.69) is 53.2 Å². The molecule has 2 aromatic carbocycles. The minimum Gasteiger partial charge on any atom is -0.383 e. The molecule has 0 radical (unpaired) electrons. The van der Waals surface area contributed by atoms with Crippen molar-refractivity contribution in [2.45, 2.75) is 19.9 Å². The molecule has 2 aromatic rings. The first kappa shape index (κ1) is 18.3. The van der Waals surface area contributed by atoms with Crippen molar-refractivity contribution >= 4 is 17.3 Å². The Bertz CT molecular complexity index is 753. The second-order valence-corrected chi connectivity index (χ2v) is 7.00. The fourth-order valence-corrected chi connectivity index (χ4v) is 3.48. The second kappa shape index (κ2) is 8.23. The van der Waals surface area contributed by atoms with Gasteiger partial charge >= 0.3 is 0 Å². The number of carbonyl (C=O) groups is 1. The fraction of sp³-hybridized carbons (Fsp3) is 0.381. The van der Waals surface area contributed by atoms with Gasteiger partial charge in [0.15, 0.2) is 0 Å². The van der Waals surface area contributed by atoms with Crippen LogP contribution in [0, 0.1) is 6.92 Å². The maximum atomic E-state index is 11.5. The largest absolute Gasteiger partial charge is 0.383 e. The number of primary amides is 1. The van der Waals surface area contributed by atoms with Crippen LogP contribution in [0.25, 0.3) is 0 Å². The molecule has 0 bridgehead atoms. The molecule has 3 N–H and O–H groups in total. The molecule has 1 fully saturated rings. The molecule has 0 aliphatic carbocycles. The topological polar surface area (TPSA) is 61.6 Å². The van der Waals surface area contributed by atoms with Gasteiger partial charge in [0.05, 0.1) is 5.56 Å². The molecule has 5 nitrogen and oxygen atoms in total. The summed E-state index contributed by atoms with van der Waals surface area (Å²) in [6.45, 7) is 9.29. The Balaban J connectivity index is 1.53. The highest BCUT2D eigenvalue weighted by molar-refractivity contribution is 5.98. The summed E-state index contributed by atoms with van der Waals surface area (Å²) in [7, 11) is 0. The predicted molar refractivity (Wildman–Crippen MR) is 108 cm³/mol. The first-order valence-electron chi connectivity index (χ1n) is 9.23. The van der Waals surface area contributed by atoms with E-state index >= 15 is 0 Å². The highest BCUT2D eigenvalue weighted by Gasteiger charge is 2.21. The van der Waals surface area contributed by atoms with Gasteiger partial charge < -0.3 is 16.0 Å². The minimum absolute atomic E-state index is 0.385. The van der Waals surface area contributed by atoms with E-state index in [1.165, 1.54) is 11.3 Å². The second-order valence-electron chi connectivity index (χ2n) is 7.00. The van der Waals surface area contributed by atoms with Crippen LogP contribution in [0.15, 0.2) is 48.5 Å². The van der Waals surface area contributed by atoms with Gasteiger partial charge in [0.1, 0.15) is 0 Å². The number of nitrogens with one attached hydrogen (secondary N) is 1. The molecule has 1 heterocycles. The number of nitrogens with two attached hydrogens (primary N) is 1. The van der Waals surface area contributed by atoms with Crippen LogP contribution in [-0.2, 0) is 0 Å². The van der Waals surface area contributed by atoms with Gasteiger partial charge in [-0.3, -0.25) is 9.69 Å². The Labute approximate surface area is 155 Å². The van der Waals surface area contributed by atoms with E-state index in [0.717, 1.165) is 38.4 Å². The van der Waals surface area contributed by atoms with E-state index in [1.807, 2.05) is 18.2 Å². The average Bonchev–Trinajstić information content (AvgIpc) is 2.66. The zero-order valence-corrected chi connectivity index (χ0v) is 15.6. The molecule has 138 valence electrons. The summed E-state index contributed by atoms with van der Waals surface area (Å²) >= 11 is 0. The Hall–Kier alpha value is -2.53. The monoisotopic (exact) mass is 352 g/mol. The Morgan fingerprint density at radius 3 is 2.54 bits per heavy atom. The van der Waals surface area contributed by atoms with Crippen LogP contribution in [0.3, 0.4) is 0 Å². The molecule has 1 atom stereocenters. The van der Waals surface area contributed by atoms with Crippen LogP contribution < -0.4 is 16.0 Å². The van der Waals surface area contributed by atoms with E-state index in [1.54, 1.807) is 6.07 Å². The van der Waals surface area contributed by atoms with Gasteiger partial charge in [0.25, 0.3) is 5.91 Å². The third kappa shape index (κ3) is 4.35. The number of hydrogen-bond donors (Lipinski definition) is 2. The summed E-state index contributed by atoms with van der Waals surface area (Å²) in [6, 6.07) is 16.5. The van der Waals surface area contributed by atoms with Crippen molar-refractivity contribution in [3.63, 3.8) is 0 Å². The zero-order valence-electron chi connectivity index (χ0n) is 15.6. The number of nitrogens with zero attached hydrogens (tertiary/aromatic N) is 2. The van der Waals surface area contributed by atoms with Gasteiger partial charge in [-0.2, -0.15) is 0 Å². The van der Waals surface area contributed by atoms with E-state index in [9.17, 15) is 4.79 Å². The Morgan fingerprint density at radius 1 is 1.12 bits per heavy atom. The van der Waals surface area contributed by atoms with Crippen LogP contribution in [0.4, 0.5) is 11.4 Å². The standard InChI is InChI=1S/C21H28N4O/c1-16-6-5-7-18(14-16)25-12-10-24(11-13-25)17(2)15-23-20-9-4-3-8-19(20)21(22)26/h3-9,14,17,23H,10-13,15H2,1-2H3,(H2,22,26). The average molecular weight is 352 g/mol. The molecule has 1 unspecified atom stereocenters. The number of rotatable bonds is 6. The summed E-state index contributed by atoms with van der Waals surface area (Å²) in [6.07, 6.45) is 0. The summed E-state index contributed by atoms with van der Waals surface area (Å²) in [5.41, 5.74) is 9.42. The van der Waals surface area contributed by atoms with Crippen molar-refractivity contribution in [3.8, 4) is 0 Å². The quantitative estimate of drug-likeness (QED) is 0.839. The van der Waals surface area contributed by atoms with Crippen molar-refractivity contribution in [1.29, 1.82) is 0 Å². The predicted octanol–water partition coefficient (Wildman–Crippen LogP) is 2.72. The first-order chi connectivity index (χ1) is 12.5. The van der Waals surface area contributed by atoms with Crippen molar-refractivity contribution in [2.24, 2.45) is 5.73 Å².